The lowest BCUT2D eigenvalue weighted by Gasteiger charge is -2.13. The molecular formula is C11H20. The van der Waals surface area contributed by atoms with Crippen molar-refractivity contribution in [3.05, 3.63) is 23.3 Å². The van der Waals surface area contributed by atoms with E-state index in [1.54, 1.807) is 0 Å². The molecule has 0 saturated carbocycles. The number of rotatable bonds is 3. The lowest BCUT2D eigenvalue weighted by molar-refractivity contribution is 0.660. The molecule has 11 heavy (non-hydrogen) atoms. The standard InChI is InChI=1S/C11H20/c1-6-9(4)11(8-3)10(5)7-2/h6,8,10H,7H2,1-5H3/b9-6-,11-8+. The minimum atomic E-state index is 0.705. The van der Waals surface area contributed by atoms with E-state index in [1.165, 1.54) is 17.6 Å². The van der Waals surface area contributed by atoms with Gasteiger partial charge in [-0.1, -0.05) is 31.6 Å². The van der Waals surface area contributed by atoms with Crippen LogP contribution < -0.4 is 0 Å². The molecular weight excluding hydrogens is 132 g/mol. The van der Waals surface area contributed by atoms with Gasteiger partial charge in [0.15, 0.2) is 0 Å². The van der Waals surface area contributed by atoms with Crippen molar-refractivity contribution >= 4 is 0 Å². The molecule has 0 radical (unpaired) electrons. The largest absolute Gasteiger partial charge is 0.0844 e. The SMILES string of the molecule is C/C=C(C)\C(=C/C)C(C)CC. The Morgan fingerprint density at radius 1 is 1.27 bits per heavy atom. The van der Waals surface area contributed by atoms with Gasteiger partial charge < -0.3 is 0 Å². The summed E-state index contributed by atoms with van der Waals surface area (Å²) in [4.78, 5) is 0. The fraction of sp³-hybridized carbons (Fsp3) is 0.636. The van der Waals surface area contributed by atoms with E-state index in [4.69, 9.17) is 0 Å². The third-order valence-corrected chi connectivity index (χ3v) is 2.34. The minimum absolute atomic E-state index is 0.705. The molecule has 0 spiro atoms. The Hall–Kier alpha value is -0.520. The van der Waals surface area contributed by atoms with Gasteiger partial charge in [0.05, 0.1) is 0 Å². The second-order valence-corrected chi connectivity index (χ2v) is 3.03. The molecule has 0 N–H and O–H groups in total. The van der Waals surface area contributed by atoms with Crippen LogP contribution in [0.3, 0.4) is 0 Å². The monoisotopic (exact) mass is 152 g/mol. The molecule has 0 aromatic heterocycles. The van der Waals surface area contributed by atoms with Crippen molar-refractivity contribution in [3.8, 4) is 0 Å². The number of hydrogen-bond acceptors (Lipinski definition) is 0. The molecule has 0 rings (SSSR count). The van der Waals surface area contributed by atoms with Crippen molar-refractivity contribution < 1.29 is 0 Å². The van der Waals surface area contributed by atoms with E-state index < -0.39 is 0 Å². The summed E-state index contributed by atoms with van der Waals surface area (Å²) in [5.74, 6) is 0.705. The molecule has 0 aromatic carbocycles. The van der Waals surface area contributed by atoms with E-state index in [0.29, 0.717) is 5.92 Å². The van der Waals surface area contributed by atoms with Crippen molar-refractivity contribution in [2.45, 2.75) is 41.0 Å². The molecule has 0 aliphatic heterocycles. The minimum Gasteiger partial charge on any atom is -0.0844 e. The van der Waals surface area contributed by atoms with Crippen LogP contribution in [0.2, 0.25) is 0 Å². The zero-order valence-electron chi connectivity index (χ0n) is 8.44. The zero-order chi connectivity index (χ0) is 8.85. The lowest BCUT2D eigenvalue weighted by atomic mass is 9.92. The third kappa shape index (κ3) is 2.92. The van der Waals surface area contributed by atoms with E-state index in [1.807, 2.05) is 0 Å². The van der Waals surface area contributed by atoms with Crippen LogP contribution in [-0.4, -0.2) is 0 Å². The average Bonchev–Trinajstić information content (AvgIpc) is 2.05. The fourth-order valence-electron chi connectivity index (χ4n) is 1.29. The molecule has 64 valence electrons. The number of allylic oxidation sites excluding steroid dienone is 4. The van der Waals surface area contributed by atoms with Crippen LogP contribution in [0, 0.1) is 5.92 Å². The van der Waals surface area contributed by atoms with Crippen LogP contribution in [0.1, 0.15) is 41.0 Å². The fourth-order valence-corrected chi connectivity index (χ4v) is 1.29. The molecule has 0 nitrogen and oxygen atoms in total. The van der Waals surface area contributed by atoms with Gasteiger partial charge in [-0.2, -0.15) is 0 Å². The Bertz CT molecular complexity index is 161. The predicted octanol–water partition coefficient (Wildman–Crippen LogP) is 3.95. The molecule has 1 atom stereocenters. The summed E-state index contributed by atoms with van der Waals surface area (Å²) < 4.78 is 0. The zero-order valence-corrected chi connectivity index (χ0v) is 8.44. The molecule has 0 aliphatic carbocycles. The van der Waals surface area contributed by atoms with Gasteiger partial charge >= 0.3 is 0 Å². The Morgan fingerprint density at radius 3 is 2.09 bits per heavy atom. The van der Waals surface area contributed by atoms with Crippen molar-refractivity contribution in [2.24, 2.45) is 5.92 Å². The Morgan fingerprint density at radius 2 is 1.82 bits per heavy atom. The molecule has 0 aliphatic rings. The van der Waals surface area contributed by atoms with E-state index in [9.17, 15) is 0 Å². The van der Waals surface area contributed by atoms with Crippen molar-refractivity contribution in [2.75, 3.05) is 0 Å². The van der Waals surface area contributed by atoms with Gasteiger partial charge in [0.2, 0.25) is 0 Å². The topological polar surface area (TPSA) is 0 Å². The van der Waals surface area contributed by atoms with E-state index in [0.717, 1.165) is 0 Å². The van der Waals surface area contributed by atoms with Crippen LogP contribution in [0.15, 0.2) is 23.3 Å². The first kappa shape index (κ1) is 10.5. The van der Waals surface area contributed by atoms with Crippen molar-refractivity contribution in [3.63, 3.8) is 0 Å². The molecule has 1 unspecified atom stereocenters. The molecule has 0 heterocycles. The summed E-state index contributed by atoms with van der Waals surface area (Å²) in [5.41, 5.74) is 2.91. The van der Waals surface area contributed by atoms with Crippen LogP contribution in [-0.2, 0) is 0 Å². The summed E-state index contributed by atoms with van der Waals surface area (Å²) in [7, 11) is 0. The maximum absolute atomic E-state index is 2.28. The van der Waals surface area contributed by atoms with Crippen LogP contribution in [0.4, 0.5) is 0 Å². The molecule has 0 bridgehead atoms. The maximum Gasteiger partial charge on any atom is -0.0194 e. The quantitative estimate of drug-likeness (QED) is 0.537. The Labute approximate surface area is 71.0 Å². The summed E-state index contributed by atoms with van der Waals surface area (Å²) >= 11 is 0. The lowest BCUT2D eigenvalue weighted by Crippen LogP contribution is -1.98. The highest BCUT2D eigenvalue weighted by Crippen LogP contribution is 2.21. The first-order valence-corrected chi connectivity index (χ1v) is 4.46. The maximum atomic E-state index is 2.28. The average molecular weight is 152 g/mol. The van der Waals surface area contributed by atoms with Crippen LogP contribution in [0.25, 0.3) is 0 Å². The van der Waals surface area contributed by atoms with Gasteiger partial charge in [-0.3, -0.25) is 0 Å². The molecule has 0 fully saturated rings. The summed E-state index contributed by atoms with van der Waals surface area (Å²) in [5, 5.41) is 0. The molecule has 0 saturated heterocycles. The van der Waals surface area contributed by atoms with Crippen LogP contribution in [0.5, 0.6) is 0 Å². The van der Waals surface area contributed by atoms with Gasteiger partial charge in [-0.15, -0.1) is 0 Å². The third-order valence-electron chi connectivity index (χ3n) is 2.34. The Balaban J connectivity index is 4.43. The number of hydrogen-bond donors (Lipinski definition) is 0. The van der Waals surface area contributed by atoms with Crippen molar-refractivity contribution in [1.29, 1.82) is 0 Å². The van der Waals surface area contributed by atoms with Gasteiger partial charge in [-0.05, 0) is 38.7 Å². The summed E-state index contributed by atoms with van der Waals surface area (Å²) in [6, 6.07) is 0. The van der Waals surface area contributed by atoms with Gasteiger partial charge in [-0.25, -0.2) is 0 Å². The van der Waals surface area contributed by atoms with Gasteiger partial charge in [0.25, 0.3) is 0 Å². The molecule has 0 aromatic rings. The second kappa shape index (κ2) is 5.17. The molecule has 0 amide bonds. The first-order chi connectivity index (χ1) is 5.17. The highest BCUT2D eigenvalue weighted by Gasteiger charge is 2.05. The van der Waals surface area contributed by atoms with Crippen molar-refractivity contribution in [1.82, 2.24) is 0 Å². The summed E-state index contributed by atoms with van der Waals surface area (Å²) in [6.07, 6.45) is 5.63. The van der Waals surface area contributed by atoms with Gasteiger partial charge in [0, 0.05) is 0 Å². The highest BCUT2D eigenvalue weighted by molar-refractivity contribution is 5.29. The Kier molecular flexibility index (Phi) is 4.93. The van der Waals surface area contributed by atoms with Crippen LogP contribution >= 0.6 is 0 Å². The van der Waals surface area contributed by atoms with E-state index >= 15 is 0 Å². The first-order valence-electron chi connectivity index (χ1n) is 4.46. The highest BCUT2D eigenvalue weighted by atomic mass is 14.1. The van der Waals surface area contributed by atoms with E-state index in [2.05, 4.69) is 46.8 Å². The smallest absolute Gasteiger partial charge is 0.0194 e. The summed E-state index contributed by atoms with van der Waals surface area (Å²) in [6.45, 7) is 10.9. The normalized spacial score (nSPS) is 16.8. The van der Waals surface area contributed by atoms with E-state index in [-0.39, 0.29) is 0 Å². The van der Waals surface area contributed by atoms with Gasteiger partial charge in [0.1, 0.15) is 0 Å². The molecule has 0 heteroatoms. The predicted molar refractivity (Wildman–Crippen MR) is 52.6 cm³/mol. The second-order valence-electron chi connectivity index (χ2n) is 3.03.